The van der Waals surface area contributed by atoms with Gasteiger partial charge in [-0.1, -0.05) is 24.3 Å². The van der Waals surface area contributed by atoms with Crippen LogP contribution in [-0.2, 0) is 6.54 Å². The highest BCUT2D eigenvalue weighted by Crippen LogP contribution is 2.15. The van der Waals surface area contributed by atoms with Gasteiger partial charge in [-0.15, -0.1) is 0 Å². The van der Waals surface area contributed by atoms with E-state index in [0.29, 0.717) is 0 Å². The number of carbonyl (C=O) groups excluding carboxylic acids is 1. The Hall–Kier alpha value is -3.19. The maximum absolute atomic E-state index is 12.9. The van der Waals surface area contributed by atoms with E-state index >= 15 is 0 Å². The van der Waals surface area contributed by atoms with Crippen molar-refractivity contribution in [3.8, 4) is 0 Å². The quantitative estimate of drug-likeness (QED) is 0.480. The molecule has 4 aromatic rings. The number of carbonyl (C=O) groups is 1. The number of benzene rings is 2. The molecule has 0 unspecified atom stereocenters. The lowest BCUT2D eigenvalue weighted by Gasteiger charge is -2.34. The summed E-state index contributed by atoms with van der Waals surface area (Å²) in [7, 11) is 0. The third-order valence-electron chi connectivity index (χ3n) is 5.95. The maximum atomic E-state index is 12.9. The first kappa shape index (κ1) is 18.8. The Bertz CT molecular complexity index is 1150. The summed E-state index contributed by atoms with van der Waals surface area (Å²) < 4.78 is 3.90. The molecule has 5 rings (SSSR count). The second-order valence-electron chi connectivity index (χ2n) is 7.85. The van der Waals surface area contributed by atoms with E-state index in [0.717, 1.165) is 68.7 Å². The van der Waals surface area contributed by atoms with Crippen LogP contribution in [0, 0.1) is 0 Å². The molecule has 7 nitrogen and oxygen atoms in total. The molecule has 0 spiro atoms. The largest absolute Gasteiger partial charge is 0.331 e. The molecule has 0 aliphatic carbocycles. The van der Waals surface area contributed by atoms with Gasteiger partial charge in [-0.25, -0.2) is 14.8 Å². The van der Waals surface area contributed by atoms with E-state index in [4.69, 9.17) is 0 Å². The summed E-state index contributed by atoms with van der Waals surface area (Å²) in [5, 5.41) is 0. The van der Waals surface area contributed by atoms with Gasteiger partial charge in [-0.05, 0) is 43.7 Å². The number of fused-ring (bicyclic) bond motifs is 2. The molecule has 1 fully saturated rings. The van der Waals surface area contributed by atoms with E-state index in [-0.39, 0.29) is 6.03 Å². The molecule has 0 saturated carbocycles. The summed E-state index contributed by atoms with van der Waals surface area (Å²) in [6, 6.07) is 16.1. The van der Waals surface area contributed by atoms with Crippen LogP contribution in [0.3, 0.4) is 0 Å². The van der Waals surface area contributed by atoms with Gasteiger partial charge < -0.3 is 9.47 Å². The third kappa shape index (κ3) is 3.68. The van der Waals surface area contributed by atoms with Gasteiger partial charge in [0, 0.05) is 32.7 Å². The van der Waals surface area contributed by atoms with Crippen LogP contribution in [-0.4, -0.2) is 67.7 Å². The number of aryl methyl sites for hydroxylation is 1. The first-order valence-corrected chi connectivity index (χ1v) is 10.6. The molecule has 3 heterocycles. The number of piperazine rings is 1. The van der Waals surface area contributed by atoms with Gasteiger partial charge in [-0.3, -0.25) is 9.47 Å². The Labute approximate surface area is 175 Å². The van der Waals surface area contributed by atoms with Gasteiger partial charge in [-0.2, -0.15) is 0 Å². The van der Waals surface area contributed by atoms with Crippen LogP contribution in [0.15, 0.2) is 61.2 Å². The Kier molecular flexibility index (Phi) is 5.19. The highest BCUT2D eigenvalue weighted by molar-refractivity contribution is 5.89. The van der Waals surface area contributed by atoms with Gasteiger partial charge in [0.2, 0.25) is 0 Å². The van der Waals surface area contributed by atoms with Crippen LogP contribution in [0.4, 0.5) is 4.79 Å². The molecule has 2 aromatic carbocycles. The van der Waals surface area contributed by atoms with Crippen LogP contribution < -0.4 is 0 Å². The fraction of sp³-hybridized carbons (Fsp3) is 0.348. The summed E-state index contributed by atoms with van der Waals surface area (Å²) in [6.07, 6.45) is 5.85. The molecule has 1 aliphatic rings. The van der Waals surface area contributed by atoms with Crippen molar-refractivity contribution in [2.75, 3.05) is 32.7 Å². The summed E-state index contributed by atoms with van der Waals surface area (Å²) >= 11 is 0. The molecule has 2 aromatic heterocycles. The minimum absolute atomic E-state index is 0.0235. The minimum Gasteiger partial charge on any atom is -0.331 e. The second-order valence-corrected chi connectivity index (χ2v) is 7.85. The fourth-order valence-corrected chi connectivity index (χ4v) is 4.23. The maximum Gasteiger partial charge on any atom is 0.330 e. The number of para-hydroxylation sites is 4. The smallest absolute Gasteiger partial charge is 0.330 e. The van der Waals surface area contributed by atoms with Crippen LogP contribution >= 0.6 is 0 Å². The average molecular weight is 403 g/mol. The SMILES string of the molecule is O=C(N1CCN(CCCCn2cnc3ccccc32)CC1)n1cnc2ccccc21. The molecule has 30 heavy (non-hydrogen) atoms. The van der Waals surface area contributed by atoms with Crippen molar-refractivity contribution in [3.05, 3.63) is 61.2 Å². The van der Waals surface area contributed by atoms with E-state index in [1.54, 1.807) is 10.9 Å². The second kappa shape index (κ2) is 8.28. The lowest BCUT2D eigenvalue weighted by molar-refractivity contribution is 0.139. The molecule has 154 valence electrons. The number of rotatable bonds is 5. The van der Waals surface area contributed by atoms with Gasteiger partial charge >= 0.3 is 6.03 Å². The van der Waals surface area contributed by atoms with E-state index in [1.165, 1.54) is 5.52 Å². The van der Waals surface area contributed by atoms with E-state index in [1.807, 2.05) is 41.6 Å². The number of imidazole rings is 2. The van der Waals surface area contributed by atoms with Crippen LogP contribution in [0.25, 0.3) is 22.1 Å². The van der Waals surface area contributed by atoms with Gasteiger partial charge in [0.15, 0.2) is 0 Å². The van der Waals surface area contributed by atoms with Crippen molar-refractivity contribution >= 4 is 28.1 Å². The average Bonchev–Trinajstić information content (AvgIpc) is 3.41. The van der Waals surface area contributed by atoms with Crippen LogP contribution in [0.5, 0.6) is 0 Å². The number of unbranched alkanes of at least 4 members (excludes halogenated alkanes) is 1. The van der Waals surface area contributed by atoms with E-state index < -0.39 is 0 Å². The zero-order chi connectivity index (χ0) is 20.3. The molecule has 1 amide bonds. The van der Waals surface area contributed by atoms with Crippen molar-refractivity contribution in [1.29, 1.82) is 0 Å². The molecule has 0 radical (unpaired) electrons. The number of nitrogens with zero attached hydrogens (tertiary/aromatic N) is 6. The Morgan fingerprint density at radius 3 is 2.20 bits per heavy atom. The molecule has 1 saturated heterocycles. The first-order valence-electron chi connectivity index (χ1n) is 10.6. The normalized spacial score (nSPS) is 15.3. The zero-order valence-corrected chi connectivity index (χ0v) is 17.0. The molecule has 0 bridgehead atoms. The van der Waals surface area contributed by atoms with E-state index in [2.05, 4.69) is 37.6 Å². The lowest BCUT2D eigenvalue weighted by Crippen LogP contribution is -2.49. The molecule has 7 heteroatoms. The molecule has 0 atom stereocenters. The van der Waals surface area contributed by atoms with Crippen LogP contribution in [0.1, 0.15) is 12.8 Å². The lowest BCUT2D eigenvalue weighted by atomic mass is 10.2. The number of hydrogen-bond acceptors (Lipinski definition) is 4. The molecular weight excluding hydrogens is 376 g/mol. The summed E-state index contributed by atoms with van der Waals surface area (Å²) in [6.45, 7) is 5.43. The monoisotopic (exact) mass is 402 g/mol. The van der Waals surface area contributed by atoms with Gasteiger partial charge in [0.05, 0.1) is 28.4 Å². The Balaban J connectivity index is 1.09. The Morgan fingerprint density at radius 2 is 1.40 bits per heavy atom. The number of amides is 1. The molecular formula is C23H26N6O. The first-order chi connectivity index (χ1) is 14.8. The van der Waals surface area contributed by atoms with Crippen LogP contribution in [0.2, 0.25) is 0 Å². The highest BCUT2D eigenvalue weighted by atomic mass is 16.2. The number of hydrogen-bond donors (Lipinski definition) is 0. The highest BCUT2D eigenvalue weighted by Gasteiger charge is 2.23. The predicted octanol–water partition coefficient (Wildman–Crippen LogP) is 3.45. The Morgan fingerprint density at radius 1 is 0.767 bits per heavy atom. The van der Waals surface area contributed by atoms with Crippen molar-refractivity contribution in [2.24, 2.45) is 0 Å². The summed E-state index contributed by atoms with van der Waals surface area (Å²) in [5.74, 6) is 0. The van der Waals surface area contributed by atoms with Gasteiger partial charge in [0.25, 0.3) is 0 Å². The van der Waals surface area contributed by atoms with Crippen molar-refractivity contribution in [1.82, 2.24) is 28.9 Å². The van der Waals surface area contributed by atoms with E-state index in [9.17, 15) is 4.79 Å². The standard InChI is InChI=1S/C23H26N6O/c30-23(29-18-25-20-8-2-4-10-22(20)29)27-15-13-26(14-16-27)11-5-6-12-28-17-24-19-7-1-3-9-21(19)28/h1-4,7-10,17-18H,5-6,11-16H2. The zero-order valence-electron chi connectivity index (χ0n) is 17.0. The minimum atomic E-state index is 0.0235. The van der Waals surface area contributed by atoms with Gasteiger partial charge in [0.1, 0.15) is 6.33 Å². The summed E-state index contributed by atoms with van der Waals surface area (Å²) in [5.41, 5.74) is 3.99. The predicted molar refractivity (Wildman–Crippen MR) is 118 cm³/mol. The number of aromatic nitrogens is 4. The van der Waals surface area contributed by atoms with Crippen molar-refractivity contribution < 1.29 is 4.79 Å². The topological polar surface area (TPSA) is 59.2 Å². The van der Waals surface area contributed by atoms with Crippen molar-refractivity contribution in [3.63, 3.8) is 0 Å². The molecule has 0 N–H and O–H groups in total. The summed E-state index contributed by atoms with van der Waals surface area (Å²) in [4.78, 5) is 26.1. The fourth-order valence-electron chi connectivity index (χ4n) is 4.23. The third-order valence-corrected chi connectivity index (χ3v) is 5.95. The van der Waals surface area contributed by atoms with Crippen molar-refractivity contribution in [2.45, 2.75) is 19.4 Å². The molecule has 1 aliphatic heterocycles.